The van der Waals surface area contributed by atoms with Gasteiger partial charge in [0.25, 0.3) is 5.91 Å². The minimum atomic E-state index is -3.88. The topological polar surface area (TPSA) is 94.6 Å². The molecule has 0 unspecified atom stereocenters. The fourth-order valence-corrected chi connectivity index (χ4v) is 3.85. The third-order valence-corrected chi connectivity index (χ3v) is 5.24. The van der Waals surface area contributed by atoms with E-state index in [9.17, 15) is 17.6 Å². The van der Waals surface area contributed by atoms with Gasteiger partial charge in [-0.25, -0.2) is 22.5 Å². The van der Waals surface area contributed by atoms with Crippen molar-refractivity contribution in [3.63, 3.8) is 0 Å². The molecule has 0 aliphatic rings. The molecule has 3 aromatic rings. The standard InChI is InChI=1S/C20H14Cl3FN2O5S/c1-30-18-8-15(19(27)26-32(2,28)29)17(24)7-14(18)10-3-16(23)20(25-9-10)31-13-5-11(21)4-12(22)6-13/h3-9H,1-2H3,(H,26,27). The summed E-state index contributed by atoms with van der Waals surface area (Å²) in [5.74, 6) is -1.63. The number of benzene rings is 2. The van der Waals surface area contributed by atoms with E-state index in [0.29, 0.717) is 21.4 Å². The fraction of sp³-hybridized carbons (Fsp3) is 0.100. The highest BCUT2D eigenvalue weighted by Gasteiger charge is 2.20. The van der Waals surface area contributed by atoms with Crippen LogP contribution < -0.4 is 14.2 Å². The van der Waals surface area contributed by atoms with Crippen molar-refractivity contribution in [2.75, 3.05) is 13.4 Å². The highest BCUT2D eigenvalue weighted by atomic mass is 35.5. The smallest absolute Gasteiger partial charge is 0.267 e. The average molecular weight is 520 g/mol. The van der Waals surface area contributed by atoms with Crippen molar-refractivity contribution in [2.24, 2.45) is 0 Å². The lowest BCUT2D eigenvalue weighted by atomic mass is 10.0. The maximum atomic E-state index is 14.6. The summed E-state index contributed by atoms with van der Waals surface area (Å²) in [5, 5.41) is 0.820. The lowest BCUT2D eigenvalue weighted by molar-refractivity contribution is 0.0977. The number of rotatable bonds is 6. The number of methoxy groups -OCH3 is 1. The third kappa shape index (κ3) is 5.80. The molecule has 0 spiro atoms. The van der Waals surface area contributed by atoms with Crippen LogP contribution in [0.25, 0.3) is 11.1 Å². The number of amides is 1. The first-order valence-corrected chi connectivity index (χ1v) is 11.7. The molecule has 1 amide bonds. The lowest BCUT2D eigenvalue weighted by Crippen LogP contribution is -2.30. The average Bonchev–Trinajstić information content (AvgIpc) is 2.67. The van der Waals surface area contributed by atoms with Crippen molar-refractivity contribution in [3.8, 4) is 28.5 Å². The number of hydrogen-bond acceptors (Lipinski definition) is 6. The Bertz CT molecular complexity index is 1300. The van der Waals surface area contributed by atoms with Crippen molar-refractivity contribution in [1.29, 1.82) is 0 Å². The molecule has 0 saturated carbocycles. The normalized spacial score (nSPS) is 11.2. The van der Waals surface area contributed by atoms with E-state index in [-0.39, 0.29) is 22.2 Å². The lowest BCUT2D eigenvalue weighted by Gasteiger charge is -2.13. The predicted octanol–water partition coefficient (Wildman–Crippen LogP) is 5.34. The molecule has 32 heavy (non-hydrogen) atoms. The molecule has 0 aliphatic heterocycles. The number of pyridine rings is 1. The van der Waals surface area contributed by atoms with E-state index in [4.69, 9.17) is 44.3 Å². The number of ether oxygens (including phenoxy) is 2. The van der Waals surface area contributed by atoms with Crippen molar-refractivity contribution in [1.82, 2.24) is 9.71 Å². The van der Waals surface area contributed by atoms with Crippen LogP contribution in [0.1, 0.15) is 10.4 Å². The van der Waals surface area contributed by atoms with E-state index in [2.05, 4.69) is 4.98 Å². The number of halogens is 4. The summed E-state index contributed by atoms with van der Waals surface area (Å²) in [5.41, 5.74) is 0.0813. The van der Waals surface area contributed by atoms with Crippen molar-refractivity contribution < 1.29 is 27.1 Å². The molecule has 1 aromatic heterocycles. The monoisotopic (exact) mass is 518 g/mol. The van der Waals surface area contributed by atoms with E-state index >= 15 is 0 Å². The van der Waals surface area contributed by atoms with Crippen molar-refractivity contribution in [2.45, 2.75) is 0 Å². The van der Waals surface area contributed by atoms with Crippen LogP contribution in [0.15, 0.2) is 42.6 Å². The Morgan fingerprint density at radius 1 is 1.06 bits per heavy atom. The second-order valence-electron chi connectivity index (χ2n) is 6.45. The molecule has 1 heterocycles. The summed E-state index contributed by atoms with van der Waals surface area (Å²) >= 11 is 18.2. The van der Waals surface area contributed by atoms with Crippen LogP contribution in [0.3, 0.4) is 0 Å². The van der Waals surface area contributed by atoms with Crippen LogP contribution in [0, 0.1) is 5.82 Å². The molecule has 0 aliphatic carbocycles. The van der Waals surface area contributed by atoms with Crippen LogP contribution in [0.5, 0.6) is 17.4 Å². The first-order valence-electron chi connectivity index (χ1n) is 8.66. The van der Waals surface area contributed by atoms with Crippen LogP contribution in [0.4, 0.5) is 4.39 Å². The zero-order chi connectivity index (χ0) is 23.6. The fourth-order valence-electron chi connectivity index (χ4n) is 2.69. The number of nitrogens with one attached hydrogen (secondary N) is 1. The van der Waals surface area contributed by atoms with E-state index in [1.54, 1.807) is 4.72 Å². The molecule has 1 N–H and O–H groups in total. The minimum Gasteiger partial charge on any atom is -0.496 e. The second kappa shape index (κ2) is 9.50. The zero-order valence-electron chi connectivity index (χ0n) is 16.5. The summed E-state index contributed by atoms with van der Waals surface area (Å²) in [4.78, 5) is 16.2. The highest BCUT2D eigenvalue weighted by Crippen LogP contribution is 2.37. The van der Waals surface area contributed by atoms with Gasteiger partial charge in [0.2, 0.25) is 15.9 Å². The molecule has 3 rings (SSSR count). The van der Waals surface area contributed by atoms with E-state index in [1.807, 2.05) is 0 Å². The van der Waals surface area contributed by atoms with E-state index in [1.165, 1.54) is 37.6 Å². The Labute approximate surface area is 198 Å². The Hall–Kier alpha value is -2.59. The Kier molecular flexibility index (Phi) is 7.14. The maximum Gasteiger partial charge on any atom is 0.267 e. The summed E-state index contributed by atoms with van der Waals surface area (Å²) in [7, 11) is -2.57. The Morgan fingerprint density at radius 2 is 1.72 bits per heavy atom. The molecular formula is C20H14Cl3FN2O5S. The van der Waals surface area contributed by atoms with Gasteiger partial charge in [-0.05, 0) is 36.4 Å². The van der Waals surface area contributed by atoms with Gasteiger partial charge in [-0.2, -0.15) is 0 Å². The van der Waals surface area contributed by atoms with Crippen molar-refractivity contribution in [3.05, 3.63) is 69.0 Å². The third-order valence-electron chi connectivity index (χ3n) is 3.98. The van der Waals surface area contributed by atoms with Crippen LogP contribution >= 0.6 is 34.8 Å². The largest absolute Gasteiger partial charge is 0.496 e. The number of carbonyl (C=O) groups is 1. The second-order valence-corrected chi connectivity index (χ2v) is 9.48. The number of aromatic nitrogens is 1. The summed E-state index contributed by atoms with van der Waals surface area (Å²) in [6.45, 7) is 0. The molecule has 0 fully saturated rings. The molecule has 7 nitrogen and oxygen atoms in total. The molecular weight excluding hydrogens is 506 g/mol. The molecule has 168 valence electrons. The number of sulfonamides is 1. The summed E-state index contributed by atoms with van der Waals surface area (Å²) in [6.07, 6.45) is 2.14. The molecule has 12 heteroatoms. The van der Waals surface area contributed by atoms with Gasteiger partial charge in [-0.3, -0.25) is 4.79 Å². The molecule has 2 aromatic carbocycles. The molecule has 0 bridgehead atoms. The minimum absolute atomic E-state index is 0.0531. The number of carbonyl (C=O) groups excluding carboxylic acids is 1. The van der Waals surface area contributed by atoms with Crippen LogP contribution in [0.2, 0.25) is 15.1 Å². The van der Waals surface area contributed by atoms with E-state index < -0.39 is 27.3 Å². The van der Waals surface area contributed by atoms with Gasteiger partial charge in [0.15, 0.2) is 0 Å². The molecule has 0 radical (unpaired) electrons. The number of nitrogens with zero attached hydrogens (tertiary/aromatic N) is 1. The van der Waals surface area contributed by atoms with Crippen molar-refractivity contribution >= 4 is 50.7 Å². The predicted molar refractivity (Wildman–Crippen MR) is 120 cm³/mol. The Balaban J connectivity index is 1.96. The van der Waals surface area contributed by atoms with Gasteiger partial charge in [-0.15, -0.1) is 0 Å². The van der Waals surface area contributed by atoms with Gasteiger partial charge in [0, 0.05) is 27.4 Å². The number of hydrogen-bond donors (Lipinski definition) is 1. The maximum absolute atomic E-state index is 14.6. The SMILES string of the molecule is COc1cc(C(=O)NS(C)(=O)=O)c(F)cc1-c1cnc(Oc2cc(Cl)cc(Cl)c2)c(Cl)c1. The highest BCUT2D eigenvalue weighted by molar-refractivity contribution is 7.89. The first-order chi connectivity index (χ1) is 15.0. The summed E-state index contributed by atoms with van der Waals surface area (Å²) in [6, 6.07) is 8.15. The summed E-state index contributed by atoms with van der Waals surface area (Å²) < 4.78 is 49.7. The van der Waals surface area contributed by atoms with Gasteiger partial charge in [0.05, 0.1) is 18.9 Å². The Morgan fingerprint density at radius 3 is 2.28 bits per heavy atom. The van der Waals surface area contributed by atoms with Crippen LogP contribution in [-0.4, -0.2) is 32.7 Å². The molecule has 0 saturated heterocycles. The van der Waals surface area contributed by atoms with Gasteiger partial charge in [0.1, 0.15) is 22.3 Å². The first kappa shape index (κ1) is 24.1. The quantitative estimate of drug-likeness (QED) is 0.472. The van der Waals surface area contributed by atoms with Gasteiger partial charge < -0.3 is 9.47 Å². The zero-order valence-corrected chi connectivity index (χ0v) is 19.5. The van der Waals surface area contributed by atoms with Crippen LogP contribution in [-0.2, 0) is 10.0 Å². The molecule has 0 atom stereocenters. The van der Waals surface area contributed by atoms with Gasteiger partial charge >= 0.3 is 0 Å². The van der Waals surface area contributed by atoms with Gasteiger partial charge in [-0.1, -0.05) is 34.8 Å². The van der Waals surface area contributed by atoms with E-state index in [0.717, 1.165) is 18.4 Å².